The zero-order valence-electron chi connectivity index (χ0n) is 10.3. The second kappa shape index (κ2) is 5.36. The van der Waals surface area contributed by atoms with Gasteiger partial charge >= 0.3 is 0 Å². The van der Waals surface area contributed by atoms with Crippen LogP contribution in [0.5, 0.6) is 11.5 Å². The summed E-state index contributed by atoms with van der Waals surface area (Å²) in [4.78, 5) is 0. The molecule has 0 heterocycles. The van der Waals surface area contributed by atoms with Crippen molar-refractivity contribution in [2.24, 2.45) is 5.73 Å². The molecule has 0 aliphatic carbocycles. The highest BCUT2D eigenvalue weighted by atomic mass is 16.5. The Morgan fingerprint density at radius 3 is 2.39 bits per heavy atom. The molecule has 0 saturated carbocycles. The van der Waals surface area contributed by atoms with Crippen LogP contribution in [0.1, 0.15) is 18.1 Å². The number of nitrogen functional groups attached to an aromatic ring is 1. The van der Waals surface area contributed by atoms with E-state index in [9.17, 15) is 0 Å². The number of hydrogen-bond donors (Lipinski definition) is 2. The smallest absolute Gasteiger partial charge is 0.130 e. The topological polar surface area (TPSA) is 59.1 Å². The Hall–Kier alpha value is -2.29. The summed E-state index contributed by atoms with van der Waals surface area (Å²) < 4.78 is 5.82. The van der Waals surface area contributed by atoms with Gasteiger partial charge in [0.2, 0.25) is 0 Å². The summed E-state index contributed by atoms with van der Waals surface area (Å²) in [6.07, 6.45) is 0.932. The molecule has 2 aromatic rings. The molecule has 3 heteroatoms. The number of nitrogens with one attached hydrogen (secondary N) is 1. The summed E-state index contributed by atoms with van der Waals surface area (Å²) in [5.41, 5.74) is 7.28. The Kier molecular flexibility index (Phi) is 3.63. The van der Waals surface area contributed by atoms with Gasteiger partial charge in [0.1, 0.15) is 17.3 Å². The Balaban J connectivity index is 2.21. The Bertz CT molecular complexity index is 547. The molecule has 18 heavy (non-hydrogen) atoms. The van der Waals surface area contributed by atoms with Gasteiger partial charge in [-0.2, -0.15) is 0 Å². The van der Waals surface area contributed by atoms with Crippen LogP contribution < -0.4 is 10.5 Å². The molecule has 0 radical (unpaired) electrons. The van der Waals surface area contributed by atoms with E-state index in [1.54, 1.807) is 12.1 Å². The molecule has 0 unspecified atom stereocenters. The van der Waals surface area contributed by atoms with Gasteiger partial charge in [-0.05, 0) is 42.3 Å². The van der Waals surface area contributed by atoms with Crippen LogP contribution >= 0.6 is 0 Å². The minimum atomic E-state index is 0.0653. The summed E-state index contributed by atoms with van der Waals surface area (Å²) in [5, 5.41) is 7.33. The van der Waals surface area contributed by atoms with Crippen molar-refractivity contribution in [3.05, 3.63) is 59.7 Å². The van der Waals surface area contributed by atoms with Gasteiger partial charge in [0.15, 0.2) is 0 Å². The monoisotopic (exact) mass is 240 g/mol. The second-order valence-electron chi connectivity index (χ2n) is 4.00. The standard InChI is InChI=1S/C15H16N2O/c1-2-11-5-3-4-6-14(11)18-13-9-7-12(8-10-13)15(16)17/h3-10H,2H2,1H3,(H3,16,17). The van der Waals surface area contributed by atoms with Gasteiger partial charge in [0.05, 0.1) is 0 Å². The minimum Gasteiger partial charge on any atom is -0.457 e. The number of hydrogen-bond acceptors (Lipinski definition) is 2. The van der Waals surface area contributed by atoms with Crippen molar-refractivity contribution in [1.29, 1.82) is 5.41 Å². The van der Waals surface area contributed by atoms with Crippen molar-refractivity contribution in [2.45, 2.75) is 13.3 Å². The number of amidine groups is 1. The summed E-state index contributed by atoms with van der Waals surface area (Å²) in [5.74, 6) is 1.69. The van der Waals surface area contributed by atoms with E-state index in [4.69, 9.17) is 15.9 Å². The third-order valence-corrected chi connectivity index (χ3v) is 2.75. The lowest BCUT2D eigenvalue weighted by Crippen LogP contribution is -2.10. The zero-order chi connectivity index (χ0) is 13.0. The molecule has 0 aromatic heterocycles. The Morgan fingerprint density at radius 2 is 1.78 bits per heavy atom. The molecule has 0 amide bonds. The molecule has 2 rings (SSSR count). The maximum absolute atomic E-state index is 7.33. The largest absolute Gasteiger partial charge is 0.457 e. The fourth-order valence-electron chi connectivity index (χ4n) is 1.72. The fraction of sp³-hybridized carbons (Fsp3) is 0.133. The van der Waals surface area contributed by atoms with Crippen LogP contribution in [-0.2, 0) is 6.42 Å². The van der Waals surface area contributed by atoms with Gasteiger partial charge in [-0.15, -0.1) is 0 Å². The summed E-state index contributed by atoms with van der Waals surface area (Å²) in [7, 11) is 0. The van der Waals surface area contributed by atoms with Crippen LogP contribution in [0.3, 0.4) is 0 Å². The molecule has 0 saturated heterocycles. The third-order valence-electron chi connectivity index (χ3n) is 2.75. The number of ether oxygens (including phenoxy) is 1. The summed E-state index contributed by atoms with van der Waals surface area (Å²) in [6, 6.07) is 15.2. The number of para-hydroxylation sites is 1. The van der Waals surface area contributed by atoms with Crippen molar-refractivity contribution in [3.8, 4) is 11.5 Å². The quantitative estimate of drug-likeness (QED) is 0.636. The molecule has 0 fully saturated rings. The number of rotatable bonds is 4. The minimum absolute atomic E-state index is 0.0653. The first-order valence-electron chi connectivity index (χ1n) is 5.91. The first-order valence-corrected chi connectivity index (χ1v) is 5.91. The van der Waals surface area contributed by atoms with Crippen molar-refractivity contribution in [2.75, 3.05) is 0 Å². The maximum Gasteiger partial charge on any atom is 0.130 e. The van der Waals surface area contributed by atoms with Crippen molar-refractivity contribution >= 4 is 5.84 Å². The van der Waals surface area contributed by atoms with Crippen LogP contribution in [0.4, 0.5) is 0 Å². The van der Waals surface area contributed by atoms with Gasteiger partial charge in [0.25, 0.3) is 0 Å². The van der Waals surface area contributed by atoms with Crippen molar-refractivity contribution in [3.63, 3.8) is 0 Å². The Labute approximate surface area is 107 Å². The summed E-state index contributed by atoms with van der Waals surface area (Å²) in [6.45, 7) is 2.10. The van der Waals surface area contributed by atoms with E-state index in [1.807, 2.05) is 30.3 Å². The molecule has 0 spiro atoms. The number of nitrogens with two attached hydrogens (primary N) is 1. The lowest BCUT2D eigenvalue weighted by molar-refractivity contribution is 0.477. The fourth-order valence-corrected chi connectivity index (χ4v) is 1.72. The lowest BCUT2D eigenvalue weighted by Gasteiger charge is -2.10. The molecule has 0 aliphatic rings. The average molecular weight is 240 g/mol. The molecule has 3 N–H and O–H groups in total. The van der Waals surface area contributed by atoms with E-state index in [0.717, 1.165) is 17.9 Å². The molecule has 2 aromatic carbocycles. The van der Waals surface area contributed by atoms with Gasteiger partial charge in [-0.3, -0.25) is 5.41 Å². The molecular formula is C15H16N2O. The molecular weight excluding hydrogens is 224 g/mol. The first kappa shape index (κ1) is 12.2. The van der Waals surface area contributed by atoms with E-state index in [2.05, 4.69) is 13.0 Å². The number of aryl methyl sites for hydroxylation is 1. The van der Waals surface area contributed by atoms with E-state index < -0.39 is 0 Å². The highest BCUT2D eigenvalue weighted by Crippen LogP contribution is 2.25. The SMILES string of the molecule is CCc1ccccc1Oc1ccc(C(=N)N)cc1. The Morgan fingerprint density at radius 1 is 1.11 bits per heavy atom. The van der Waals surface area contributed by atoms with Crippen LogP contribution in [0.25, 0.3) is 0 Å². The zero-order valence-corrected chi connectivity index (χ0v) is 10.3. The van der Waals surface area contributed by atoms with E-state index in [1.165, 1.54) is 5.56 Å². The van der Waals surface area contributed by atoms with Gasteiger partial charge in [-0.1, -0.05) is 25.1 Å². The molecule has 0 aliphatic heterocycles. The van der Waals surface area contributed by atoms with Gasteiger partial charge in [0, 0.05) is 5.56 Å². The second-order valence-corrected chi connectivity index (χ2v) is 4.00. The third kappa shape index (κ3) is 2.69. The summed E-state index contributed by atoms with van der Waals surface area (Å²) >= 11 is 0. The first-order chi connectivity index (χ1) is 8.70. The van der Waals surface area contributed by atoms with E-state index in [-0.39, 0.29) is 5.84 Å². The molecule has 0 bridgehead atoms. The van der Waals surface area contributed by atoms with Crippen LogP contribution in [-0.4, -0.2) is 5.84 Å². The average Bonchev–Trinajstić information content (AvgIpc) is 2.40. The van der Waals surface area contributed by atoms with Crippen LogP contribution in [0, 0.1) is 5.41 Å². The number of benzene rings is 2. The normalized spacial score (nSPS) is 10.1. The van der Waals surface area contributed by atoms with Crippen LogP contribution in [0.2, 0.25) is 0 Å². The van der Waals surface area contributed by atoms with E-state index >= 15 is 0 Å². The molecule has 92 valence electrons. The van der Waals surface area contributed by atoms with Crippen molar-refractivity contribution < 1.29 is 4.74 Å². The van der Waals surface area contributed by atoms with Crippen molar-refractivity contribution in [1.82, 2.24) is 0 Å². The molecule has 3 nitrogen and oxygen atoms in total. The van der Waals surface area contributed by atoms with E-state index in [0.29, 0.717) is 5.56 Å². The predicted octanol–water partition coefficient (Wildman–Crippen LogP) is 3.33. The van der Waals surface area contributed by atoms with Gasteiger partial charge < -0.3 is 10.5 Å². The maximum atomic E-state index is 7.33. The molecule has 0 atom stereocenters. The predicted molar refractivity (Wildman–Crippen MR) is 73.4 cm³/mol. The van der Waals surface area contributed by atoms with Crippen LogP contribution in [0.15, 0.2) is 48.5 Å². The lowest BCUT2D eigenvalue weighted by atomic mass is 10.1. The van der Waals surface area contributed by atoms with Gasteiger partial charge in [-0.25, -0.2) is 0 Å². The highest BCUT2D eigenvalue weighted by molar-refractivity contribution is 5.94. The highest BCUT2D eigenvalue weighted by Gasteiger charge is 2.03.